The van der Waals surface area contributed by atoms with E-state index in [1.165, 1.54) is 193 Å². The Morgan fingerprint density at radius 2 is 0.865 bits per heavy atom. The van der Waals surface area contributed by atoms with Crippen molar-refractivity contribution in [2.75, 3.05) is 19.8 Å². The zero-order valence-corrected chi connectivity index (χ0v) is 35.0. The number of hydrogen-bond donors (Lipinski definition) is 1. The molecule has 1 aliphatic rings. The van der Waals surface area contributed by atoms with E-state index in [2.05, 4.69) is 56.4 Å². The quantitative estimate of drug-likeness (QED) is 0.0546. The second-order valence-electron chi connectivity index (χ2n) is 16.3. The van der Waals surface area contributed by atoms with Gasteiger partial charge >= 0.3 is 0 Å². The SMILES string of the molecule is CCCCCCCCCCCCCCCCCCOC=C1NC(c2ccccc2)=NC1(C)COCCCCCCCCCCCCCCCCCC. The molecule has 1 heterocycles. The van der Waals surface area contributed by atoms with Crippen molar-refractivity contribution in [2.45, 2.75) is 232 Å². The summed E-state index contributed by atoms with van der Waals surface area (Å²) in [6, 6.07) is 10.4. The van der Waals surface area contributed by atoms with Gasteiger partial charge in [-0.1, -0.05) is 237 Å². The first-order chi connectivity index (χ1) is 25.7. The highest BCUT2D eigenvalue weighted by Crippen LogP contribution is 2.28. The number of amidine groups is 1. The molecular formula is C48H86N2O2. The lowest BCUT2D eigenvalue weighted by Gasteiger charge is -2.22. The summed E-state index contributed by atoms with van der Waals surface area (Å²) in [7, 11) is 0. The van der Waals surface area contributed by atoms with Gasteiger partial charge in [0.05, 0.1) is 18.9 Å². The van der Waals surface area contributed by atoms with Gasteiger partial charge < -0.3 is 14.8 Å². The van der Waals surface area contributed by atoms with Gasteiger partial charge in [0.15, 0.2) is 0 Å². The Balaban J connectivity index is 1.51. The third-order valence-corrected chi connectivity index (χ3v) is 11.1. The first kappa shape index (κ1) is 46.3. The Bertz CT molecular complexity index is 976. The molecule has 0 fully saturated rings. The monoisotopic (exact) mass is 723 g/mol. The first-order valence-electron chi connectivity index (χ1n) is 23.0. The molecule has 1 unspecified atom stereocenters. The van der Waals surface area contributed by atoms with Gasteiger partial charge in [0.2, 0.25) is 0 Å². The minimum atomic E-state index is -0.450. The highest BCUT2D eigenvalue weighted by atomic mass is 16.5. The molecule has 0 aliphatic carbocycles. The number of rotatable bonds is 38. The molecule has 0 aromatic heterocycles. The lowest BCUT2D eigenvalue weighted by molar-refractivity contribution is 0.0987. The van der Waals surface area contributed by atoms with Gasteiger partial charge in [-0.05, 0) is 19.8 Å². The molecule has 4 heteroatoms. The Labute approximate surface area is 324 Å². The average Bonchev–Trinajstić information content (AvgIpc) is 3.49. The van der Waals surface area contributed by atoms with E-state index in [1.807, 2.05) is 6.26 Å². The summed E-state index contributed by atoms with van der Waals surface area (Å²) in [5.41, 5.74) is 1.66. The Hall–Kier alpha value is -1.81. The molecule has 1 aliphatic heterocycles. The number of ether oxygens (including phenoxy) is 2. The van der Waals surface area contributed by atoms with E-state index in [-0.39, 0.29) is 0 Å². The topological polar surface area (TPSA) is 42.8 Å². The summed E-state index contributed by atoms with van der Waals surface area (Å²) in [5.74, 6) is 0.909. The van der Waals surface area contributed by atoms with Gasteiger partial charge in [-0.25, -0.2) is 0 Å². The van der Waals surface area contributed by atoms with Crippen LogP contribution >= 0.6 is 0 Å². The zero-order chi connectivity index (χ0) is 37.1. The lowest BCUT2D eigenvalue weighted by atomic mass is 10.0. The Kier molecular flexibility index (Phi) is 30.1. The van der Waals surface area contributed by atoms with Crippen LogP contribution in [0.1, 0.15) is 232 Å². The van der Waals surface area contributed by atoms with E-state index in [1.54, 1.807) is 0 Å². The summed E-state index contributed by atoms with van der Waals surface area (Å²) in [5, 5.41) is 3.57. The molecule has 1 aromatic rings. The summed E-state index contributed by atoms with van der Waals surface area (Å²) in [6.07, 6.45) is 46.3. The Morgan fingerprint density at radius 3 is 1.27 bits per heavy atom. The van der Waals surface area contributed by atoms with Gasteiger partial charge in [-0.3, -0.25) is 4.99 Å². The maximum Gasteiger partial charge on any atom is 0.133 e. The number of benzene rings is 1. The average molecular weight is 723 g/mol. The van der Waals surface area contributed by atoms with Gasteiger partial charge in [-0.15, -0.1) is 0 Å². The van der Waals surface area contributed by atoms with Crippen LogP contribution in [0.4, 0.5) is 0 Å². The second kappa shape index (κ2) is 33.7. The van der Waals surface area contributed by atoms with Crippen molar-refractivity contribution in [3.05, 3.63) is 47.9 Å². The summed E-state index contributed by atoms with van der Waals surface area (Å²) >= 11 is 0. The highest BCUT2D eigenvalue weighted by Gasteiger charge is 2.36. The minimum Gasteiger partial charge on any atom is -0.499 e. The molecular weight excluding hydrogens is 637 g/mol. The molecule has 0 amide bonds. The standard InChI is InChI=1S/C48H86N2O2/c1-4-6-8-10-12-14-16-18-20-22-24-26-28-30-32-37-41-51-43-46-48(3,50-47(49-46)45-39-35-34-36-40-45)44-52-42-38-33-31-29-27-25-23-21-19-17-15-13-11-9-7-5-2/h34-36,39-40,43H,4-33,37-38,41-42,44H2,1-3H3,(H,49,50). The van der Waals surface area contributed by atoms with Crippen molar-refractivity contribution < 1.29 is 9.47 Å². The van der Waals surface area contributed by atoms with Crippen LogP contribution in [0, 0.1) is 0 Å². The van der Waals surface area contributed by atoms with Crippen molar-refractivity contribution in [2.24, 2.45) is 4.99 Å². The second-order valence-corrected chi connectivity index (χ2v) is 16.3. The molecule has 0 radical (unpaired) electrons. The van der Waals surface area contributed by atoms with Crippen LogP contribution in [-0.4, -0.2) is 31.2 Å². The summed E-state index contributed by atoms with van der Waals surface area (Å²) in [4.78, 5) is 5.12. The predicted molar refractivity (Wildman–Crippen MR) is 228 cm³/mol. The number of nitrogens with one attached hydrogen (secondary N) is 1. The van der Waals surface area contributed by atoms with Crippen LogP contribution in [0.25, 0.3) is 0 Å². The molecule has 0 bridgehead atoms. The molecule has 300 valence electrons. The van der Waals surface area contributed by atoms with E-state index in [0.717, 1.165) is 43.2 Å². The van der Waals surface area contributed by atoms with E-state index in [9.17, 15) is 0 Å². The minimum absolute atomic E-state index is 0.450. The van der Waals surface area contributed by atoms with Gasteiger partial charge in [0, 0.05) is 12.2 Å². The number of hydrogen-bond acceptors (Lipinski definition) is 4. The number of unbranched alkanes of at least 4 members (excludes halogenated alkanes) is 30. The fourth-order valence-corrected chi connectivity index (χ4v) is 7.50. The normalized spacial score (nSPS) is 16.4. The van der Waals surface area contributed by atoms with Crippen LogP contribution < -0.4 is 5.32 Å². The smallest absolute Gasteiger partial charge is 0.133 e. The molecule has 0 saturated heterocycles. The molecule has 4 nitrogen and oxygen atoms in total. The number of aliphatic imine (C=N–C) groups is 1. The lowest BCUT2D eigenvalue weighted by Crippen LogP contribution is -2.32. The van der Waals surface area contributed by atoms with Crippen molar-refractivity contribution in [3.63, 3.8) is 0 Å². The van der Waals surface area contributed by atoms with E-state index >= 15 is 0 Å². The third kappa shape index (κ3) is 24.5. The third-order valence-electron chi connectivity index (χ3n) is 11.1. The van der Waals surface area contributed by atoms with Crippen LogP contribution in [0.2, 0.25) is 0 Å². The zero-order valence-electron chi connectivity index (χ0n) is 35.0. The van der Waals surface area contributed by atoms with Crippen molar-refractivity contribution in [3.8, 4) is 0 Å². The van der Waals surface area contributed by atoms with Crippen molar-refractivity contribution in [1.29, 1.82) is 0 Å². The summed E-state index contributed by atoms with van der Waals surface area (Å²) in [6.45, 7) is 8.91. The molecule has 1 N–H and O–H groups in total. The maximum absolute atomic E-state index is 6.25. The van der Waals surface area contributed by atoms with Crippen LogP contribution in [0.3, 0.4) is 0 Å². The summed E-state index contributed by atoms with van der Waals surface area (Å²) < 4.78 is 12.4. The van der Waals surface area contributed by atoms with Gasteiger partial charge in [0.25, 0.3) is 0 Å². The molecule has 2 rings (SSSR count). The molecule has 1 aromatic carbocycles. The fourth-order valence-electron chi connectivity index (χ4n) is 7.50. The molecule has 0 saturated carbocycles. The highest BCUT2D eigenvalue weighted by molar-refractivity contribution is 6.02. The maximum atomic E-state index is 6.25. The molecule has 52 heavy (non-hydrogen) atoms. The number of nitrogens with zero attached hydrogens (tertiary/aromatic N) is 1. The van der Waals surface area contributed by atoms with Crippen molar-refractivity contribution >= 4 is 5.84 Å². The largest absolute Gasteiger partial charge is 0.499 e. The van der Waals surface area contributed by atoms with E-state index in [4.69, 9.17) is 14.5 Å². The fraction of sp³-hybridized carbons (Fsp3) is 0.812. The van der Waals surface area contributed by atoms with Gasteiger partial charge in [0.1, 0.15) is 17.6 Å². The molecule has 0 spiro atoms. The molecule has 1 atom stereocenters. The first-order valence-corrected chi connectivity index (χ1v) is 23.0. The van der Waals surface area contributed by atoms with Crippen molar-refractivity contribution in [1.82, 2.24) is 5.32 Å². The Morgan fingerprint density at radius 1 is 0.500 bits per heavy atom. The van der Waals surface area contributed by atoms with E-state index in [0.29, 0.717) is 6.61 Å². The van der Waals surface area contributed by atoms with Crippen LogP contribution in [-0.2, 0) is 9.47 Å². The predicted octanol–water partition coefficient (Wildman–Crippen LogP) is 15.2. The van der Waals surface area contributed by atoms with Gasteiger partial charge in [-0.2, -0.15) is 0 Å². The van der Waals surface area contributed by atoms with Crippen LogP contribution in [0.15, 0.2) is 47.3 Å². The van der Waals surface area contributed by atoms with Crippen LogP contribution in [0.5, 0.6) is 0 Å². The van der Waals surface area contributed by atoms with E-state index < -0.39 is 5.54 Å².